The van der Waals surface area contributed by atoms with Crippen molar-refractivity contribution >= 4 is 11.6 Å². The van der Waals surface area contributed by atoms with Gasteiger partial charge in [0.1, 0.15) is 18.7 Å². The third kappa shape index (κ3) is 3.91. The number of carbonyl (C=O) groups is 1. The molecule has 1 amide bonds. The van der Waals surface area contributed by atoms with E-state index in [0.717, 1.165) is 0 Å². The Morgan fingerprint density at radius 1 is 1.48 bits per heavy atom. The van der Waals surface area contributed by atoms with E-state index in [4.69, 9.17) is 5.11 Å². The molecular weight excluding hydrogens is 268 g/mol. The van der Waals surface area contributed by atoms with E-state index in [1.807, 2.05) is 18.2 Å². The summed E-state index contributed by atoms with van der Waals surface area (Å²) >= 11 is 0. The summed E-state index contributed by atoms with van der Waals surface area (Å²) in [6.07, 6.45) is 3.28. The molecule has 2 rings (SSSR count). The normalized spacial score (nSPS) is 11.3. The van der Waals surface area contributed by atoms with Crippen LogP contribution in [0.3, 0.4) is 0 Å². The van der Waals surface area contributed by atoms with Gasteiger partial charge in [0.15, 0.2) is 0 Å². The highest BCUT2D eigenvalue weighted by molar-refractivity contribution is 5.94. The summed E-state index contributed by atoms with van der Waals surface area (Å²) in [6.45, 7) is 1.76. The van der Waals surface area contributed by atoms with Crippen LogP contribution in [0, 0.1) is 11.8 Å². The Labute approximate surface area is 122 Å². The minimum absolute atomic E-state index is 0.0187. The molecule has 1 atom stereocenters. The van der Waals surface area contributed by atoms with Crippen LogP contribution < -0.4 is 5.32 Å². The van der Waals surface area contributed by atoms with E-state index < -0.39 is 6.04 Å². The highest BCUT2D eigenvalue weighted by atomic mass is 16.2. The summed E-state index contributed by atoms with van der Waals surface area (Å²) < 4.78 is 1.48. The van der Waals surface area contributed by atoms with E-state index in [9.17, 15) is 4.79 Å². The first-order valence-electron chi connectivity index (χ1n) is 6.56. The predicted octanol–water partition coefficient (Wildman–Crippen LogP) is 1.21. The molecule has 1 aromatic carbocycles. The smallest absolute Gasteiger partial charge is 0.249 e. The molecule has 6 heteroatoms. The number of hydrogen-bond acceptors (Lipinski definition) is 4. The Morgan fingerprint density at radius 3 is 3.00 bits per heavy atom. The molecule has 0 saturated heterocycles. The number of amides is 1. The third-order valence-corrected chi connectivity index (χ3v) is 2.86. The van der Waals surface area contributed by atoms with E-state index in [1.165, 1.54) is 17.3 Å². The fourth-order valence-corrected chi connectivity index (χ4v) is 1.69. The van der Waals surface area contributed by atoms with Crippen molar-refractivity contribution in [2.75, 3.05) is 11.9 Å². The second kappa shape index (κ2) is 7.22. The number of aliphatic hydroxyl groups excluding tert-OH is 1. The fourth-order valence-electron chi connectivity index (χ4n) is 1.69. The number of carbonyl (C=O) groups excluding carboxylic acids is 1. The molecule has 1 aromatic heterocycles. The summed E-state index contributed by atoms with van der Waals surface area (Å²) in [4.78, 5) is 16.0. The zero-order valence-electron chi connectivity index (χ0n) is 11.7. The molecule has 0 aliphatic heterocycles. The number of benzene rings is 1. The molecular formula is C15H16N4O2. The average molecular weight is 284 g/mol. The predicted molar refractivity (Wildman–Crippen MR) is 78.4 cm³/mol. The topological polar surface area (TPSA) is 80.0 Å². The quantitative estimate of drug-likeness (QED) is 0.827. The first-order chi connectivity index (χ1) is 10.2. The van der Waals surface area contributed by atoms with Gasteiger partial charge in [-0.1, -0.05) is 24.0 Å². The first kappa shape index (κ1) is 14.8. The summed E-state index contributed by atoms with van der Waals surface area (Å²) in [5.41, 5.74) is 1.35. The van der Waals surface area contributed by atoms with Crippen LogP contribution in [-0.2, 0) is 4.79 Å². The van der Waals surface area contributed by atoms with Crippen molar-refractivity contribution in [3.8, 4) is 11.8 Å². The van der Waals surface area contributed by atoms with Crippen LogP contribution in [0.5, 0.6) is 0 Å². The molecule has 21 heavy (non-hydrogen) atoms. The molecule has 0 aliphatic rings. The fraction of sp³-hybridized carbons (Fsp3) is 0.267. The van der Waals surface area contributed by atoms with Gasteiger partial charge in [-0.2, -0.15) is 5.10 Å². The van der Waals surface area contributed by atoms with Crippen LogP contribution in [0.25, 0.3) is 0 Å². The Kier molecular flexibility index (Phi) is 5.07. The number of nitrogens with one attached hydrogen (secondary N) is 1. The van der Waals surface area contributed by atoms with Gasteiger partial charge >= 0.3 is 0 Å². The SMILES string of the molecule is CC(C(=O)Nc1ccccc1C#CCCO)n1cncn1. The van der Waals surface area contributed by atoms with Gasteiger partial charge in [0.25, 0.3) is 0 Å². The van der Waals surface area contributed by atoms with Gasteiger partial charge in [-0.05, 0) is 19.1 Å². The third-order valence-electron chi connectivity index (χ3n) is 2.86. The van der Waals surface area contributed by atoms with Crippen molar-refractivity contribution in [3.05, 3.63) is 42.5 Å². The molecule has 1 heterocycles. The molecule has 0 aliphatic carbocycles. The number of aromatic nitrogens is 3. The number of aliphatic hydroxyl groups is 1. The maximum atomic E-state index is 12.2. The lowest BCUT2D eigenvalue weighted by atomic mass is 10.1. The molecule has 2 N–H and O–H groups in total. The van der Waals surface area contributed by atoms with E-state index >= 15 is 0 Å². The molecule has 0 bridgehead atoms. The maximum Gasteiger partial charge on any atom is 0.249 e. The van der Waals surface area contributed by atoms with Crippen LogP contribution in [0.1, 0.15) is 24.9 Å². The summed E-state index contributed by atoms with van der Waals surface area (Å²) in [5.74, 6) is 5.58. The molecule has 2 aromatic rings. The number of nitrogens with zero attached hydrogens (tertiary/aromatic N) is 3. The van der Waals surface area contributed by atoms with E-state index in [-0.39, 0.29) is 12.5 Å². The standard InChI is InChI=1S/C15H16N4O2/c1-12(19-11-16-10-17-19)15(21)18-14-8-3-2-6-13(14)7-4-5-9-20/h2-3,6,8,10-12,20H,5,9H2,1H3,(H,18,21). The maximum absolute atomic E-state index is 12.2. The van der Waals surface area contributed by atoms with Crippen LogP contribution in [0.2, 0.25) is 0 Å². The zero-order chi connectivity index (χ0) is 15.1. The number of para-hydroxylation sites is 1. The highest BCUT2D eigenvalue weighted by Crippen LogP contribution is 2.16. The summed E-state index contributed by atoms with van der Waals surface area (Å²) in [5, 5.41) is 15.5. The monoisotopic (exact) mass is 284 g/mol. The number of rotatable bonds is 4. The molecule has 0 spiro atoms. The van der Waals surface area contributed by atoms with E-state index in [1.54, 1.807) is 13.0 Å². The molecule has 6 nitrogen and oxygen atoms in total. The summed E-state index contributed by atoms with van der Waals surface area (Å²) in [7, 11) is 0. The molecule has 108 valence electrons. The molecule has 0 radical (unpaired) electrons. The highest BCUT2D eigenvalue weighted by Gasteiger charge is 2.16. The van der Waals surface area contributed by atoms with Crippen molar-refractivity contribution in [3.63, 3.8) is 0 Å². The van der Waals surface area contributed by atoms with Crippen molar-refractivity contribution < 1.29 is 9.90 Å². The first-order valence-corrected chi connectivity index (χ1v) is 6.56. The van der Waals surface area contributed by atoms with Gasteiger partial charge < -0.3 is 10.4 Å². The Hall–Kier alpha value is -2.65. The van der Waals surface area contributed by atoms with Crippen molar-refractivity contribution in [2.45, 2.75) is 19.4 Å². The Balaban J connectivity index is 2.13. The van der Waals surface area contributed by atoms with Gasteiger partial charge in [0.2, 0.25) is 5.91 Å². The minimum atomic E-state index is -0.467. The van der Waals surface area contributed by atoms with Gasteiger partial charge in [0.05, 0.1) is 12.3 Å². The van der Waals surface area contributed by atoms with Crippen LogP contribution >= 0.6 is 0 Å². The van der Waals surface area contributed by atoms with Crippen molar-refractivity contribution in [1.82, 2.24) is 14.8 Å². The van der Waals surface area contributed by atoms with Crippen molar-refractivity contribution in [1.29, 1.82) is 0 Å². The average Bonchev–Trinajstić information content (AvgIpc) is 3.02. The van der Waals surface area contributed by atoms with Gasteiger partial charge in [0, 0.05) is 12.0 Å². The number of anilines is 1. The van der Waals surface area contributed by atoms with Crippen LogP contribution in [-0.4, -0.2) is 32.4 Å². The second-order valence-corrected chi connectivity index (χ2v) is 4.36. The minimum Gasteiger partial charge on any atom is -0.395 e. The van der Waals surface area contributed by atoms with Crippen LogP contribution in [0.4, 0.5) is 5.69 Å². The largest absolute Gasteiger partial charge is 0.395 e. The molecule has 0 fully saturated rings. The molecule has 1 unspecified atom stereocenters. The van der Waals surface area contributed by atoms with Gasteiger partial charge in [-0.15, -0.1) is 0 Å². The Bertz CT molecular complexity index is 656. The lowest BCUT2D eigenvalue weighted by Gasteiger charge is -2.13. The number of hydrogen-bond donors (Lipinski definition) is 2. The summed E-state index contributed by atoms with van der Waals surface area (Å²) in [6, 6.07) is 6.81. The van der Waals surface area contributed by atoms with Gasteiger partial charge in [-0.3, -0.25) is 4.79 Å². The van der Waals surface area contributed by atoms with E-state index in [2.05, 4.69) is 27.2 Å². The zero-order valence-corrected chi connectivity index (χ0v) is 11.7. The van der Waals surface area contributed by atoms with E-state index in [0.29, 0.717) is 17.7 Å². The van der Waals surface area contributed by atoms with Gasteiger partial charge in [-0.25, -0.2) is 9.67 Å². The lowest BCUT2D eigenvalue weighted by Crippen LogP contribution is -2.24. The lowest BCUT2D eigenvalue weighted by molar-refractivity contribution is -0.119. The second-order valence-electron chi connectivity index (χ2n) is 4.36. The van der Waals surface area contributed by atoms with Crippen molar-refractivity contribution in [2.24, 2.45) is 0 Å². The molecule has 0 saturated carbocycles. The Morgan fingerprint density at radius 2 is 2.29 bits per heavy atom. The van der Waals surface area contributed by atoms with Crippen LogP contribution in [0.15, 0.2) is 36.9 Å².